The summed E-state index contributed by atoms with van der Waals surface area (Å²) < 4.78 is 0. The maximum atomic E-state index is 10.3. The molecule has 1 aromatic carbocycles. The number of aliphatic carboxylic acids is 1. The third-order valence-corrected chi connectivity index (χ3v) is 3.34. The summed E-state index contributed by atoms with van der Waals surface area (Å²) in [7, 11) is 0. The average molecular weight is 238 g/mol. The van der Waals surface area contributed by atoms with Crippen LogP contribution in [0.3, 0.4) is 0 Å². The van der Waals surface area contributed by atoms with Gasteiger partial charge in [0.05, 0.1) is 6.42 Å². The Kier molecular flexibility index (Phi) is 6.01. The number of benzene rings is 1. The summed E-state index contributed by atoms with van der Waals surface area (Å²) in [4.78, 5) is 11.5. The molecule has 0 amide bonds. The van der Waals surface area contributed by atoms with Crippen LogP contribution in [0.4, 0.5) is 0 Å². The summed E-state index contributed by atoms with van der Waals surface area (Å²) >= 11 is 1.60. The van der Waals surface area contributed by atoms with Gasteiger partial charge < -0.3 is 5.11 Å². The number of unbranched alkanes of at least 4 members (excludes halogenated alkanes) is 1. The lowest BCUT2D eigenvalue weighted by atomic mass is 10.1. The number of rotatable bonds is 7. The maximum Gasteiger partial charge on any atom is 0.304 e. The first-order valence-corrected chi connectivity index (χ1v) is 6.64. The Morgan fingerprint density at radius 3 is 2.56 bits per heavy atom. The van der Waals surface area contributed by atoms with Crippen molar-refractivity contribution >= 4 is 17.7 Å². The standard InChI is InChI=1S/C13H18O2S/c1-2-3-4-11-5-7-12(8-6-11)16-10-9-13(14)15/h5-8H,2-4,9-10H2,1H3,(H,14,15). The van der Waals surface area contributed by atoms with E-state index < -0.39 is 5.97 Å². The van der Waals surface area contributed by atoms with Crippen LogP contribution in [0.25, 0.3) is 0 Å². The van der Waals surface area contributed by atoms with Gasteiger partial charge in [0.25, 0.3) is 0 Å². The second kappa shape index (κ2) is 7.34. The molecule has 2 nitrogen and oxygen atoms in total. The van der Waals surface area contributed by atoms with Crippen LogP contribution in [0.5, 0.6) is 0 Å². The molecule has 0 bridgehead atoms. The van der Waals surface area contributed by atoms with Crippen LogP contribution in [0, 0.1) is 0 Å². The minimum absolute atomic E-state index is 0.224. The number of carboxylic acids is 1. The fourth-order valence-corrected chi connectivity index (χ4v) is 2.23. The summed E-state index contributed by atoms with van der Waals surface area (Å²) in [5.41, 5.74) is 1.37. The van der Waals surface area contributed by atoms with E-state index >= 15 is 0 Å². The zero-order valence-corrected chi connectivity index (χ0v) is 10.4. The quantitative estimate of drug-likeness (QED) is 0.737. The highest BCUT2D eigenvalue weighted by Crippen LogP contribution is 2.19. The van der Waals surface area contributed by atoms with Gasteiger partial charge in [0.1, 0.15) is 0 Å². The molecule has 0 radical (unpaired) electrons. The van der Waals surface area contributed by atoms with Gasteiger partial charge >= 0.3 is 5.97 Å². The van der Waals surface area contributed by atoms with Crippen LogP contribution in [-0.4, -0.2) is 16.8 Å². The van der Waals surface area contributed by atoms with E-state index in [2.05, 4.69) is 31.2 Å². The van der Waals surface area contributed by atoms with Gasteiger partial charge in [-0.25, -0.2) is 0 Å². The molecule has 1 aromatic rings. The van der Waals surface area contributed by atoms with Crippen molar-refractivity contribution in [3.8, 4) is 0 Å². The van der Waals surface area contributed by atoms with E-state index in [-0.39, 0.29) is 6.42 Å². The smallest absolute Gasteiger partial charge is 0.304 e. The fourth-order valence-electron chi connectivity index (χ4n) is 1.39. The Labute approximate surface area is 101 Å². The van der Waals surface area contributed by atoms with Crippen LogP contribution in [0.2, 0.25) is 0 Å². The van der Waals surface area contributed by atoms with Crippen molar-refractivity contribution in [1.82, 2.24) is 0 Å². The van der Waals surface area contributed by atoms with E-state index in [4.69, 9.17) is 5.11 Å². The third-order valence-electron chi connectivity index (χ3n) is 2.33. The van der Waals surface area contributed by atoms with Gasteiger partial charge in [-0.1, -0.05) is 25.5 Å². The molecule has 88 valence electrons. The highest BCUT2D eigenvalue weighted by atomic mass is 32.2. The predicted molar refractivity (Wildman–Crippen MR) is 68.0 cm³/mol. The van der Waals surface area contributed by atoms with Gasteiger partial charge in [0, 0.05) is 10.6 Å². The second-order valence-corrected chi connectivity index (χ2v) is 4.91. The molecule has 1 rings (SSSR count). The lowest BCUT2D eigenvalue weighted by molar-refractivity contribution is -0.136. The van der Waals surface area contributed by atoms with E-state index in [0.717, 1.165) is 11.3 Å². The molecule has 0 aliphatic heterocycles. The fraction of sp³-hybridized carbons (Fsp3) is 0.462. The van der Waals surface area contributed by atoms with E-state index in [1.54, 1.807) is 11.8 Å². The zero-order chi connectivity index (χ0) is 11.8. The number of hydrogen-bond acceptors (Lipinski definition) is 2. The van der Waals surface area contributed by atoms with Crippen molar-refractivity contribution in [2.24, 2.45) is 0 Å². The van der Waals surface area contributed by atoms with Crippen LogP contribution in [0.1, 0.15) is 31.7 Å². The van der Waals surface area contributed by atoms with Gasteiger partial charge in [-0.2, -0.15) is 0 Å². The van der Waals surface area contributed by atoms with Crippen molar-refractivity contribution in [1.29, 1.82) is 0 Å². The lowest BCUT2D eigenvalue weighted by Crippen LogP contribution is -1.95. The van der Waals surface area contributed by atoms with Crippen LogP contribution in [0.15, 0.2) is 29.2 Å². The second-order valence-electron chi connectivity index (χ2n) is 3.74. The highest BCUT2D eigenvalue weighted by molar-refractivity contribution is 7.99. The van der Waals surface area contributed by atoms with Crippen LogP contribution >= 0.6 is 11.8 Å². The minimum atomic E-state index is -0.730. The van der Waals surface area contributed by atoms with Crippen molar-refractivity contribution < 1.29 is 9.90 Å². The molecule has 3 heteroatoms. The SMILES string of the molecule is CCCCc1ccc(SCCC(=O)O)cc1. The summed E-state index contributed by atoms with van der Waals surface area (Å²) in [6, 6.07) is 8.44. The first kappa shape index (κ1) is 13.1. The van der Waals surface area contributed by atoms with Crippen LogP contribution in [-0.2, 0) is 11.2 Å². The summed E-state index contributed by atoms with van der Waals surface area (Å²) in [6.45, 7) is 2.19. The molecule has 0 heterocycles. The first-order valence-electron chi connectivity index (χ1n) is 5.66. The number of carboxylic acid groups (broad SMARTS) is 1. The Morgan fingerprint density at radius 1 is 1.31 bits per heavy atom. The minimum Gasteiger partial charge on any atom is -0.481 e. The summed E-state index contributed by atoms with van der Waals surface area (Å²) in [5, 5.41) is 8.52. The molecule has 0 atom stereocenters. The van der Waals surface area contributed by atoms with Gasteiger partial charge in [0.2, 0.25) is 0 Å². The largest absolute Gasteiger partial charge is 0.481 e. The van der Waals surface area contributed by atoms with Gasteiger partial charge in [-0.15, -0.1) is 11.8 Å². The Morgan fingerprint density at radius 2 is 2.00 bits per heavy atom. The summed E-state index contributed by atoms with van der Waals surface area (Å²) in [5.74, 6) is -0.0871. The Balaban J connectivity index is 2.36. The zero-order valence-electron chi connectivity index (χ0n) is 9.61. The number of thioether (sulfide) groups is 1. The molecule has 0 saturated heterocycles. The van der Waals surface area contributed by atoms with E-state index in [1.165, 1.54) is 18.4 Å². The van der Waals surface area contributed by atoms with E-state index in [0.29, 0.717) is 5.75 Å². The van der Waals surface area contributed by atoms with Crippen molar-refractivity contribution in [2.75, 3.05) is 5.75 Å². The number of carbonyl (C=O) groups is 1. The molecule has 0 aromatic heterocycles. The molecule has 0 aliphatic rings. The monoisotopic (exact) mass is 238 g/mol. The molecule has 0 unspecified atom stereocenters. The van der Waals surface area contributed by atoms with Gasteiger partial charge in [-0.05, 0) is 30.5 Å². The Bertz CT molecular complexity index is 319. The van der Waals surface area contributed by atoms with E-state index in [1.807, 2.05) is 0 Å². The molecular formula is C13H18O2S. The number of hydrogen-bond donors (Lipinski definition) is 1. The third kappa shape index (κ3) is 5.21. The van der Waals surface area contributed by atoms with Gasteiger partial charge in [0.15, 0.2) is 0 Å². The number of aryl methyl sites for hydroxylation is 1. The van der Waals surface area contributed by atoms with Crippen molar-refractivity contribution in [3.63, 3.8) is 0 Å². The van der Waals surface area contributed by atoms with Gasteiger partial charge in [-0.3, -0.25) is 4.79 Å². The lowest BCUT2D eigenvalue weighted by Gasteiger charge is -2.02. The Hall–Kier alpha value is -0.960. The summed E-state index contributed by atoms with van der Waals surface area (Å²) in [6.07, 6.45) is 3.81. The molecule has 0 spiro atoms. The topological polar surface area (TPSA) is 37.3 Å². The molecule has 16 heavy (non-hydrogen) atoms. The predicted octanol–water partition coefficient (Wildman–Crippen LogP) is 3.60. The highest BCUT2D eigenvalue weighted by Gasteiger charge is 1.99. The average Bonchev–Trinajstić information content (AvgIpc) is 2.27. The van der Waals surface area contributed by atoms with Crippen molar-refractivity contribution in [3.05, 3.63) is 29.8 Å². The molecule has 0 fully saturated rings. The normalized spacial score (nSPS) is 10.3. The van der Waals surface area contributed by atoms with Crippen molar-refractivity contribution in [2.45, 2.75) is 37.5 Å². The molecular weight excluding hydrogens is 220 g/mol. The van der Waals surface area contributed by atoms with Crippen LogP contribution < -0.4 is 0 Å². The molecule has 0 aliphatic carbocycles. The van der Waals surface area contributed by atoms with E-state index in [9.17, 15) is 4.79 Å². The molecule has 0 saturated carbocycles. The first-order chi connectivity index (χ1) is 7.72. The maximum absolute atomic E-state index is 10.3. The molecule has 1 N–H and O–H groups in total.